The minimum absolute atomic E-state index is 0.0348. The fourth-order valence-corrected chi connectivity index (χ4v) is 3.00. The summed E-state index contributed by atoms with van der Waals surface area (Å²) < 4.78 is 18.7. The zero-order valence-electron chi connectivity index (χ0n) is 15.8. The van der Waals surface area contributed by atoms with Crippen molar-refractivity contribution in [3.8, 4) is 22.9 Å². The van der Waals surface area contributed by atoms with Crippen molar-refractivity contribution in [3.05, 3.63) is 66.1 Å². The van der Waals surface area contributed by atoms with Gasteiger partial charge in [-0.2, -0.15) is 0 Å². The molecule has 0 bridgehead atoms. The third kappa shape index (κ3) is 4.35. The molecule has 1 atom stereocenters. The topological polar surface area (TPSA) is 119 Å². The van der Waals surface area contributed by atoms with Gasteiger partial charge in [0.15, 0.2) is 5.82 Å². The van der Waals surface area contributed by atoms with Gasteiger partial charge in [0.25, 0.3) is 5.91 Å². The number of benzene rings is 2. The third-order valence-electron chi connectivity index (χ3n) is 4.51. The van der Waals surface area contributed by atoms with Crippen molar-refractivity contribution >= 4 is 17.6 Å². The molecule has 0 spiro atoms. The lowest BCUT2D eigenvalue weighted by atomic mass is 10.2. The van der Waals surface area contributed by atoms with Crippen LogP contribution in [0, 0.1) is 5.82 Å². The van der Waals surface area contributed by atoms with E-state index in [1.807, 2.05) is 0 Å². The summed E-state index contributed by atoms with van der Waals surface area (Å²) in [5, 5.41) is 5.75. The first-order valence-electron chi connectivity index (χ1n) is 9.25. The molecular weight excluding hydrogens is 389 g/mol. The van der Waals surface area contributed by atoms with E-state index in [-0.39, 0.29) is 23.2 Å². The van der Waals surface area contributed by atoms with Crippen molar-refractivity contribution in [2.75, 3.05) is 11.9 Å². The standard InChI is InChI=1S/C21H18FN5O3/c22-13-3-7-15(8-4-13)30-14-5-1-12(2-6-14)20-26-17(19(23)28)11-18(27-20)25-16-9-10-24-21(16)29/h1-8,11,16H,9-10H2,(H2,23,28)(H,24,29)(H,25,26,27). The van der Waals surface area contributed by atoms with Crippen LogP contribution in [0.2, 0.25) is 0 Å². The molecule has 4 N–H and O–H groups in total. The van der Waals surface area contributed by atoms with E-state index in [1.54, 1.807) is 24.3 Å². The van der Waals surface area contributed by atoms with Gasteiger partial charge in [-0.25, -0.2) is 14.4 Å². The molecule has 1 aromatic heterocycles. The summed E-state index contributed by atoms with van der Waals surface area (Å²) in [5.74, 6) is 0.480. The summed E-state index contributed by atoms with van der Waals surface area (Å²) in [5.41, 5.74) is 6.07. The Morgan fingerprint density at radius 2 is 1.77 bits per heavy atom. The lowest BCUT2D eigenvalue weighted by Crippen LogP contribution is -2.30. The van der Waals surface area contributed by atoms with Crippen LogP contribution in [-0.2, 0) is 4.79 Å². The van der Waals surface area contributed by atoms with Crippen molar-refractivity contribution in [2.24, 2.45) is 5.73 Å². The smallest absolute Gasteiger partial charge is 0.267 e. The zero-order chi connectivity index (χ0) is 21.1. The van der Waals surface area contributed by atoms with Crippen LogP contribution in [0.1, 0.15) is 16.9 Å². The molecule has 1 aliphatic heterocycles. The molecule has 1 unspecified atom stereocenters. The van der Waals surface area contributed by atoms with Crippen molar-refractivity contribution in [1.82, 2.24) is 15.3 Å². The molecule has 1 aliphatic rings. The summed E-state index contributed by atoms with van der Waals surface area (Å²) in [7, 11) is 0. The van der Waals surface area contributed by atoms with Crippen LogP contribution in [0.5, 0.6) is 11.5 Å². The van der Waals surface area contributed by atoms with Gasteiger partial charge in [-0.15, -0.1) is 0 Å². The monoisotopic (exact) mass is 407 g/mol. The summed E-state index contributed by atoms with van der Waals surface area (Å²) in [4.78, 5) is 32.1. The molecule has 9 heteroatoms. The molecule has 2 aromatic carbocycles. The highest BCUT2D eigenvalue weighted by Gasteiger charge is 2.24. The molecule has 8 nitrogen and oxygen atoms in total. The van der Waals surface area contributed by atoms with Crippen molar-refractivity contribution in [2.45, 2.75) is 12.5 Å². The first-order valence-corrected chi connectivity index (χ1v) is 9.25. The number of amides is 2. The second-order valence-corrected chi connectivity index (χ2v) is 6.68. The van der Waals surface area contributed by atoms with Crippen LogP contribution < -0.4 is 21.1 Å². The maximum Gasteiger partial charge on any atom is 0.267 e. The van der Waals surface area contributed by atoms with Gasteiger partial charge >= 0.3 is 0 Å². The van der Waals surface area contributed by atoms with Crippen LogP contribution >= 0.6 is 0 Å². The van der Waals surface area contributed by atoms with E-state index in [0.717, 1.165) is 0 Å². The second kappa shape index (κ2) is 8.16. The van der Waals surface area contributed by atoms with E-state index >= 15 is 0 Å². The van der Waals surface area contributed by atoms with Gasteiger partial charge in [-0.1, -0.05) is 0 Å². The molecule has 0 aliphatic carbocycles. The number of primary amides is 1. The number of nitrogens with zero attached hydrogens (tertiary/aromatic N) is 2. The number of carbonyl (C=O) groups is 2. The molecular formula is C21H18FN5O3. The predicted molar refractivity (Wildman–Crippen MR) is 107 cm³/mol. The molecule has 0 radical (unpaired) electrons. The Morgan fingerprint density at radius 1 is 1.10 bits per heavy atom. The Kier molecular flexibility index (Phi) is 5.25. The fourth-order valence-electron chi connectivity index (χ4n) is 3.00. The number of hydrogen-bond donors (Lipinski definition) is 3. The maximum atomic E-state index is 13.0. The van der Waals surface area contributed by atoms with Gasteiger partial charge < -0.3 is 21.1 Å². The summed E-state index contributed by atoms with van der Waals surface area (Å²) >= 11 is 0. The Hall–Kier alpha value is -4.01. The van der Waals surface area contributed by atoms with E-state index < -0.39 is 11.9 Å². The highest BCUT2D eigenvalue weighted by atomic mass is 19.1. The number of carbonyl (C=O) groups excluding carboxylic acids is 2. The number of anilines is 1. The average molecular weight is 407 g/mol. The van der Waals surface area contributed by atoms with Crippen molar-refractivity contribution in [1.29, 1.82) is 0 Å². The molecule has 4 rings (SSSR count). The van der Waals surface area contributed by atoms with Crippen LogP contribution in [0.3, 0.4) is 0 Å². The van der Waals surface area contributed by atoms with E-state index in [1.165, 1.54) is 30.3 Å². The van der Waals surface area contributed by atoms with Crippen molar-refractivity contribution in [3.63, 3.8) is 0 Å². The molecule has 0 saturated carbocycles. The summed E-state index contributed by atoms with van der Waals surface area (Å²) in [6, 6.07) is 13.5. The minimum Gasteiger partial charge on any atom is -0.457 e. The van der Waals surface area contributed by atoms with E-state index in [9.17, 15) is 14.0 Å². The number of nitrogens with one attached hydrogen (secondary N) is 2. The normalized spacial score (nSPS) is 15.5. The van der Waals surface area contributed by atoms with Crippen LogP contribution in [0.4, 0.5) is 10.2 Å². The SMILES string of the molecule is NC(=O)c1cc(NC2CCNC2=O)nc(-c2ccc(Oc3ccc(F)cc3)cc2)n1. The van der Waals surface area contributed by atoms with Crippen molar-refractivity contribution < 1.29 is 18.7 Å². The lowest BCUT2D eigenvalue weighted by Gasteiger charge is -2.13. The molecule has 1 fully saturated rings. The molecule has 152 valence electrons. The highest BCUT2D eigenvalue weighted by Crippen LogP contribution is 2.25. The number of halogens is 1. The van der Waals surface area contributed by atoms with Gasteiger partial charge in [-0.3, -0.25) is 9.59 Å². The number of ether oxygens (including phenoxy) is 1. The number of hydrogen-bond acceptors (Lipinski definition) is 6. The first kappa shape index (κ1) is 19.3. The lowest BCUT2D eigenvalue weighted by molar-refractivity contribution is -0.119. The molecule has 30 heavy (non-hydrogen) atoms. The van der Waals surface area contributed by atoms with E-state index in [2.05, 4.69) is 20.6 Å². The predicted octanol–water partition coefficient (Wildman–Crippen LogP) is 2.47. The van der Waals surface area contributed by atoms with E-state index in [4.69, 9.17) is 10.5 Å². The Balaban J connectivity index is 1.58. The highest BCUT2D eigenvalue weighted by molar-refractivity contribution is 5.92. The van der Waals surface area contributed by atoms with E-state index in [0.29, 0.717) is 35.8 Å². The van der Waals surface area contributed by atoms with Crippen LogP contribution in [-0.4, -0.2) is 34.4 Å². The van der Waals surface area contributed by atoms with Gasteiger partial charge in [0.05, 0.1) is 0 Å². The quantitative estimate of drug-likeness (QED) is 0.578. The summed E-state index contributed by atoms with van der Waals surface area (Å²) in [6.45, 7) is 0.576. The Labute approximate surface area is 171 Å². The molecule has 1 saturated heterocycles. The Bertz CT molecular complexity index is 1090. The number of rotatable bonds is 6. The maximum absolute atomic E-state index is 13.0. The molecule has 3 aromatic rings. The summed E-state index contributed by atoms with van der Waals surface area (Å²) in [6.07, 6.45) is 0.611. The number of nitrogens with two attached hydrogens (primary N) is 1. The molecule has 2 heterocycles. The molecule has 2 amide bonds. The van der Waals surface area contributed by atoms with Crippen LogP contribution in [0.15, 0.2) is 54.6 Å². The fraction of sp³-hybridized carbons (Fsp3) is 0.143. The first-order chi connectivity index (χ1) is 14.5. The zero-order valence-corrected chi connectivity index (χ0v) is 15.8. The van der Waals surface area contributed by atoms with Gasteiger partial charge in [-0.05, 0) is 55.0 Å². The average Bonchev–Trinajstić information content (AvgIpc) is 3.14. The van der Waals surface area contributed by atoms with Gasteiger partial charge in [0.1, 0.15) is 34.9 Å². The third-order valence-corrected chi connectivity index (χ3v) is 4.51. The van der Waals surface area contributed by atoms with Gasteiger partial charge in [0.2, 0.25) is 5.91 Å². The largest absolute Gasteiger partial charge is 0.457 e. The van der Waals surface area contributed by atoms with Crippen LogP contribution in [0.25, 0.3) is 11.4 Å². The second-order valence-electron chi connectivity index (χ2n) is 6.68. The number of aromatic nitrogens is 2. The Morgan fingerprint density at radius 3 is 2.37 bits per heavy atom. The van der Waals surface area contributed by atoms with Gasteiger partial charge in [0, 0.05) is 18.2 Å². The minimum atomic E-state index is -0.700.